The van der Waals surface area contributed by atoms with E-state index < -0.39 is 6.16 Å². The zero-order chi connectivity index (χ0) is 24.7. The van der Waals surface area contributed by atoms with Crippen molar-refractivity contribution in [1.82, 2.24) is 4.98 Å². The lowest BCUT2D eigenvalue weighted by molar-refractivity contribution is 0.142. The number of carbonyl (C=O) groups is 1. The molecular formula is C31H27NO4. The van der Waals surface area contributed by atoms with Crippen molar-refractivity contribution in [2.24, 2.45) is 0 Å². The average molecular weight is 478 g/mol. The van der Waals surface area contributed by atoms with Crippen molar-refractivity contribution in [2.45, 2.75) is 19.3 Å². The number of ether oxygens (including phenoxy) is 2. The van der Waals surface area contributed by atoms with Gasteiger partial charge in [0.05, 0.1) is 6.61 Å². The first-order valence-corrected chi connectivity index (χ1v) is 12.0. The maximum atomic E-state index is 11.4. The molecule has 5 heteroatoms. The Balaban J connectivity index is 1.36. The van der Waals surface area contributed by atoms with Gasteiger partial charge in [0.2, 0.25) is 5.88 Å². The van der Waals surface area contributed by atoms with Gasteiger partial charge in [0.15, 0.2) is 0 Å². The summed E-state index contributed by atoms with van der Waals surface area (Å²) in [7, 11) is 0. The summed E-state index contributed by atoms with van der Waals surface area (Å²) in [6.45, 7) is 0.499. The molecule has 5 nitrogen and oxygen atoms in total. The van der Waals surface area contributed by atoms with Crippen LogP contribution in [0.25, 0.3) is 27.8 Å². The maximum absolute atomic E-state index is 11.4. The third-order valence-electron chi connectivity index (χ3n) is 6.18. The number of carboxylic acid groups (broad SMARTS) is 1. The van der Waals surface area contributed by atoms with Crippen LogP contribution in [0.2, 0.25) is 0 Å². The van der Waals surface area contributed by atoms with Crippen LogP contribution in [0.4, 0.5) is 4.79 Å². The molecule has 0 amide bonds. The Kier molecular flexibility index (Phi) is 6.99. The van der Waals surface area contributed by atoms with Gasteiger partial charge >= 0.3 is 6.16 Å². The third kappa shape index (κ3) is 5.26. The fourth-order valence-electron chi connectivity index (χ4n) is 4.56. The van der Waals surface area contributed by atoms with Crippen LogP contribution in [0.5, 0.6) is 11.6 Å². The van der Waals surface area contributed by atoms with Gasteiger partial charge in [-0.3, -0.25) is 0 Å². The summed E-state index contributed by atoms with van der Waals surface area (Å²) in [5, 5.41) is 12.5. The smallest absolute Gasteiger partial charge is 0.493 e. The van der Waals surface area contributed by atoms with Crippen LogP contribution in [0.15, 0.2) is 97.1 Å². The molecule has 0 aliphatic carbocycles. The summed E-state index contributed by atoms with van der Waals surface area (Å²) in [4.78, 5) is 14.5. The molecule has 0 unspecified atom stereocenters. The van der Waals surface area contributed by atoms with Gasteiger partial charge in [-0.15, -0.1) is 0 Å². The highest BCUT2D eigenvalue weighted by molar-refractivity contribution is 5.94. The molecule has 1 heterocycles. The summed E-state index contributed by atoms with van der Waals surface area (Å²) in [6.07, 6.45) is 5.00. The number of allylic oxidation sites excluding steroid dienone is 1. The Labute approximate surface area is 209 Å². The second-order valence-corrected chi connectivity index (χ2v) is 8.59. The van der Waals surface area contributed by atoms with Crippen LogP contribution in [-0.4, -0.2) is 22.9 Å². The monoisotopic (exact) mass is 477 g/mol. The van der Waals surface area contributed by atoms with Crippen molar-refractivity contribution in [3.8, 4) is 11.6 Å². The minimum absolute atomic E-state index is 0.270. The van der Waals surface area contributed by atoms with E-state index in [2.05, 4.69) is 47.5 Å². The molecule has 0 aliphatic heterocycles. The zero-order valence-corrected chi connectivity index (χ0v) is 19.8. The van der Waals surface area contributed by atoms with Crippen molar-refractivity contribution < 1.29 is 19.4 Å². The van der Waals surface area contributed by atoms with Crippen LogP contribution < -0.4 is 9.47 Å². The summed E-state index contributed by atoms with van der Waals surface area (Å²) < 4.78 is 11.2. The van der Waals surface area contributed by atoms with Crippen molar-refractivity contribution >= 4 is 33.9 Å². The molecule has 180 valence electrons. The molecule has 4 aromatic carbocycles. The number of hydrogen-bond acceptors (Lipinski definition) is 3. The van der Waals surface area contributed by atoms with Crippen molar-refractivity contribution in [2.75, 3.05) is 6.61 Å². The molecule has 0 bridgehead atoms. The van der Waals surface area contributed by atoms with Gasteiger partial charge in [-0.2, -0.15) is 0 Å². The zero-order valence-electron chi connectivity index (χ0n) is 19.8. The second-order valence-electron chi connectivity index (χ2n) is 8.59. The molecule has 0 saturated heterocycles. The van der Waals surface area contributed by atoms with E-state index >= 15 is 0 Å². The van der Waals surface area contributed by atoms with Crippen LogP contribution in [0, 0.1) is 0 Å². The molecule has 0 fully saturated rings. The summed E-state index contributed by atoms with van der Waals surface area (Å²) in [5.74, 6) is 1.12. The number of H-pyrrole nitrogens is 1. The van der Waals surface area contributed by atoms with E-state index in [-0.39, 0.29) is 5.88 Å². The molecule has 0 spiro atoms. The van der Waals surface area contributed by atoms with Crippen LogP contribution in [0.3, 0.4) is 0 Å². The highest BCUT2D eigenvalue weighted by atomic mass is 16.7. The molecular weight excluding hydrogens is 450 g/mol. The Morgan fingerprint density at radius 1 is 0.889 bits per heavy atom. The highest BCUT2D eigenvalue weighted by Crippen LogP contribution is 2.33. The Morgan fingerprint density at radius 2 is 1.67 bits per heavy atom. The topological polar surface area (TPSA) is 71.5 Å². The van der Waals surface area contributed by atoms with E-state index in [0.29, 0.717) is 19.4 Å². The average Bonchev–Trinajstić information content (AvgIpc) is 3.24. The molecule has 0 saturated carbocycles. The number of fused-ring (bicyclic) bond motifs is 2. The number of aromatic amines is 1. The number of hydrogen-bond donors (Lipinski definition) is 2. The van der Waals surface area contributed by atoms with Gasteiger partial charge < -0.3 is 19.6 Å². The van der Waals surface area contributed by atoms with Gasteiger partial charge in [-0.25, -0.2) is 4.79 Å². The van der Waals surface area contributed by atoms with Crippen molar-refractivity contribution in [3.05, 3.63) is 114 Å². The normalized spacial score (nSPS) is 11.3. The summed E-state index contributed by atoms with van der Waals surface area (Å²) >= 11 is 0. The first-order valence-electron chi connectivity index (χ1n) is 12.0. The van der Waals surface area contributed by atoms with E-state index in [1.165, 1.54) is 5.56 Å². The van der Waals surface area contributed by atoms with Gasteiger partial charge in [0.25, 0.3) is 0 Å². The minimum Gasteiger partial charge on any atom is -0.493 e. The largest absolute Gasteiger partial charge is 0.512 e. The number of nitrogens with one attached hydrogen (secondary N) is 1. The lowest BCUT2D eigenvalue weighted by Crippen LogP contribution is -2.06. The fraction of sp³-hybridized carbons (Fsp3) is 0.129. The Bertz CT molecular complexity index is 1510. The van der Waals surface area contributed by atoms with E-state index in [9.17, 15) is 9.90 Å². The number of aryl methyl sites for hydroxylation is 1. The molecule has 5 rings (SSSR count). The molecule has 36 heavy (non-hydrogen) atoms. The van der Waals surface area contributed by atoms with Crippen molar-refractivity contribution in [3.63, 3.8) is 0 Å². The first-order chi connectivity index (χ1) is 17.7. The molecule has 5 aromatic rings. The van der Waals surface area contributed by atoms with Crippen molar-refractivity contribution in [1.29, 1.82) is 0 Å². The summed E-state index contributed by atoms with van der Waals surface area (Å²) in [6, 6.07) is 30.4. The van der Waals surface area contributed by atoms with Crippen LogP contribution in [-0.2, 0) is 12.8 Å². The van der Waals surface area contributed by atoms with Crippen LogP contribution >= 0.6 is 0 Å². The van der Waals surface area contributed by atoms with E-state index in [1.54, 1.807) is 0 Å². The number of rotatable bonds is 9. The third-order valence-corrected chi connectivity index (χ3v) is 6.18. The lowest BCUT2D eigenvalue weighted by Gasteiger charge is -2.10. The van der Waals surface area contributed by atoms with Gasteiger partial charge in [0, 0.05) is 21.9 Å². The molecule has 2 N–H and O–H groups in total. The molecule has 1 aromatic heterocycles. The van der Waals surface area contributed by atoms with Gasteiger partial charge in [0.1, 0.15) is 5.75 Å². The van der Waals surface area contributed by atoms with Gasteiger partial charge in [-0.1, -0.05) is 91.0 Å². The fourth-order valence-corrected chi connectivity index (χ4v) is 4.56. The number of aromatic nitrogens is 1. The molecule has 0 atom stereocenters. The predicted octanol–water partition coefficient (Wildman–Crippen LogP) is 7.65. The Morgan fingerprint density at radius 3 is 2.53 bits per heavy atom. The lowest BCUT2D eigenvalue weighted by atomic mass is 10.0. The SMILES string of the molecule is O=C(O)Oc1[nH]c2cccc(/C=C/Cc3ccccc3)c2c1CCCOc1cccc2ccccc12. The maximum Gasteiger partial charge on any atom is 0.512 e. The standard InChI is InChI=1S/C31H27NO4/c33-31(34)36-30-26(18-9-21-35-28-20-8-14-23-13-4-5-17-25(23)28)29-24(16-7-19-27(29)32-30)15-6-12-22-10-2-1-3-11-22/h1-8,10-11,13-17,19-20,32H,9,12,18,21H2,(H,33,34)/b15-6+. The van der Waals surface area contributed by atoms with E-state index in [1.807, 2.05) is 60.7 Å². The predicted molar refractivity (Wildman–Crippen MR) is 144 cm³/mol. The van der Waals surface area contributed by atoms with E-state index in [0.717, 1.165) is 45.0 Å². The Hall–Kier alpha value is -4.51. The van der Waals surface area contributed by atoms with Crippen LogP contribution in [0.1, 0.15) is 23.1 Å². The second kappa shape index (κ2) is 10.8. The summed E-state index contributed by atoms with van der Waals surface area (Å²) in [5.41, 5.74) is 3.94. The molecule has 0 radical (unpaired) electrons. The van der Waals surface area contributed by atoms with E-state index in [4.69, 9.17) is 9.47 Å². The van der Waals surface area contributed by atoms with Gasteiger partial charge in [-0.05, 0) is 47.9 Å². The first kappa shape index (κ1) is 23.2. The quantitative estimate of drug-likeness (QED) is 0.169. The highest BCUT2D eigenvalue weighted by Gasteiger charge is 2.17. The molecule has 0 aliphatic rings. The number of benzene rings is 4. The minimum atomic E-state index is -1.34.